The molecule has 2 aromatic rings. The molecule has 0 bridgehead atoms. The van der Waals surface area contributed by atoms with Crippen molar-refractivity contribution in [3.05, 3.63) is 71.3 Å². The summed E-state index contributed by atoms with van der Waals surface area (Å²) >= 11 is 0. The van der Waals surface area contributed by atoms with E-state index in [0.717, 1.165) is 11.1 Å². The second kappa shape index (κ2) is 7.16. The van der Waals surface area contributed by atoms with Crippen LogP contribution >= 0.6 is 0 Å². The minimum atomic E-state index is -0.457. The molecule has 2 fully saturated rings. The van der Waals surface area contributed by atoms with Crippen LogP contribution in [-0.4, -0.2) is 53.0 Å². The van der Waals surface area contributed by atoms with E-state index in [2.05, 4.69) is 12.1 Å². The molecule has 3 atom stereocenters. The van der Waals surface area contributed by atoms with Crippen molar-refractivity contribution in [2.45, 2.75) is 13.0 Å². The van der Waals surface area contributed by atoms with Gasteiger partial charge in [0, 0.05) is 37.0 Å². The number of amides is 2. The minimum Gasteiger partial charge on any atom is -0.387 e. The molecule has 0 aromatic heterocycles. The molecule has 0 spiro atoms. The Kier molecular flexibility index (Phi) is 4.70. The van der Waals surface area contributed by atoms with Crippen molar-refractivity contribution in [3.63, 3.8) is 0 Å². The average molecular weight is 364 g/mol. The molecule has 0 radical (unpaired) electrons. The number of aryl methyl sites for hydroxylation is 1. The Morgan fingerprint density at radius 2 is 1.81 bits per heavy atom. The number of nitrogens with zero attached hydrogens (tertiary/aromatic N) is 2. The van der Waals surface area contributed by atoms with Gasteiger partial charge in [-0.2, -0.15) is 0 Å². The van der Waals surface area contributed by atoms with Crippen LogP contribution in [0.25, 0.3) is 0 Å². The van der Waals surface area contributed by atoms with Gasteiger partial charge in [0.05, 0.1) is 6.04 Å². The Morgan fingerprint density at radius 1 is 1.04 bits per heavy atom. The molecule has 2 heterocycles. The molecule has 1 N–H and O–H groups in total. The standard InChI is InChI=1S/C22H24N2O3/c1-15-6-5-9-17(10-15)22(27)24-12-18-11-23(20(26)14-25)13-19(18)21(24)16-7-3-2-4-8-16/h2-10,18-19,21,25H,11-14H2,1H3/t18-,19-,21+/m0/s1. The molecule has 2 saturated heterocycles. The van der Waals surface area contributed by atoms with Crippen LogP contribution in [0.2, 0.25) is 0 Å². The molecule has 0 unspecified atom stereocenters. The summed E-state index contributed by atoms with van der Waals surface area (Å²) in [5.74, 6) is 0.242. The molecule has 27 heavy (non-hydrogen) atoms. The van der Waals surface area contributed by atoms with Crippen molar-refractivity contribution in [1.82, 2.24) is 9.80 Å². The van der Waals surface area contributed by atoms with Crippen LogP contribution in [0.3, 0.4) is 0 Å². The van der Waals surface area contributed by atoms with Gasteiger partial charge in [0.1, 0.15) is 6.61 Å². The zero-order valence-corrected chi connectivity index (χ0v) is 15.4. The molecule has 0 saturated carbocycles. The van der Waals surface area contributed by atoms with Crippen LogP contribution in [0, 0.1) is 18.8 Å². The smallest absolute Gasteiger partial charge is 0.254 e. The van der Waals surface area contributed by atoms with Crippen LogP contribution in [-0.2, 0) is 4.79 Å². The van der Waals surface area contributed by atoms with Gasteiger partial charge < -0.3 is 14.9 Å². The van der Waals surface area contributed by atoms with Crippen LogP contribution in [0.4, 0.5) is 0 Å². The number of hydrogen-bond donors (Lipinski definition) is 1. The van der Waals surface area contributed by atoms with Gasteiger partial charge in [0.2, 0.25) is 5.91 Å². The maximum Gasteiger partial charge on any atom is 0.254 e. The Morgan fingerprint density at radius 3 is 2.52 bits per heavy atom. The summed E-state index contributed by atoms with van der Waals surface area (Å²) in [6.07, 6.45) is 0. The Balaban J connectivity index is 1.66. The van der Waals surface area contributed by atoms with E-state index in [4.69, 9.17) is 0 Å². The normalized spacial score (nSPS) is 24.1. The number of aliphatic hydroxyl groups is 1. The molecule has 5 heteroatoms. The van der Waals surface area contributed by atoms with Crippen LogP contribution in [0.1, 0.15) is 27.5 Å². The van der Waals surface area contributed by atoms with E-state index in [1.54, 1.807) is 4.90 Å². The predicted molar refractivity (Wildman–Crippen MR) is 102 cm³/mol. The number of rotatable bonds is 3. The number of benzene rings is 2. The molecule has 0 aliphatic carbocycles. The topological polar surface area (TPSA) is 60.9 Å². The largest absolute Gasteiger partial charge is 0.387 e. The van der Waals surface area contributed by atoms with Gasteiger partial charge in [-0.15, -0.1) is 0 Å². The highest BCUT2D eigenvalue weighted by molar-refractivity contribution is 5.95. The van der Waals surface area contributed by atoms with E-state index in [9.17, 15) is 14.7 Å². The molecule has 2 amide bonds. The molecular formula is C22H24N2O3. The van der Waals surface area contributed by atoms with Gasteiger partial charge in [-0.1, -0.05) is 48.0 Å². The van der Waals surface area contributed by atoms with Gasteiger partial charge in [0.25, 0.3) is 5.91 Å². The predicted octanol–water partition coefficient (Wildman–Crippen LogP) is 2.26. The molecule has 140 valence electrons. The first-order valence-corrected chi connectivity index (χ1v) is 9.39. The van der Waals surface area contributed by atoms with Crippen molar-refractivity contribution in [2.75, 3.05) is 26.2 Å². The zero-order valence-electron chi connectivity index (χ0n) is 15.4. The van der Waals surface area contributed by atoms with E-state index in [-0.39, 0.29) is 29.7 Å². The Hall–Kier alpha value is -2.66. The summed E-state index contributed by atoms with van der Waals surface area (Å²) in [5, 5.41) is 9.20. The summed E-state index contributed by atoms with van der Waals surface area (Å²) in [6.45, 7) is 3.35. The lowest BCUT2D eigenvalue weighted by Gasteiger charge is -2.30. The summed E-state index contributed by atoms with van der Waals surface area (Å²) < 4.78 is 0. The van der Waals surface area contributed by atoms with Crippen molar-refractivity contribution in [1.29, 1.82) is 0 Å². The van der Waals surface area contributed by atoms with Crippen molar-refractivity contribution in [2.24, 2.45) is 11.8 Å². The van der Waals surface area contributed by atoms with Crippen molar-refractivity contribution < 1.29 is 14.7 Å². The van der Waals surface area contributed by atoms with Crippen molar-refractivity contribution >= 4 is 11.8 Å². The lowest BCUT2D eigenvalue weighted by molar-refractivity contribution is -0.133. The van der Waals surface area contributed by atoms with E-state index < -0.39 is 6.61 Å². The first-order chi connectivity index (χ1) is 13.1. The third-order valence-electron chi connectivity index (χ3n) is 5.82. The molecule has 5 nitrogen and oxygen atoms in total. The first kappa shape index (κ1) is 17.7. The second-order valence-corrected chi connectivity index (χ2v) is 7.56. The third-order valence-corrected chi connectivity index (χ3v) is 5.82. The first-order valence-electron chi connectivity index (χ1n) is 9.39. The molecule has 2 aliphatic heterocycles. The average Bonchev–Trinajstić information content (AvgIpc) is 3.25. The summed E-state index contributed by atoms with van der Waals surface area (Å²) in [7, 11) is 0. The van der Waals surface area contributed by atoms with Gasteiger partial charge in [-0.05, 0) is 24.6 Å². The number of carbonyl (C=O) groups is 2. The number of likely N-dealkylation sites (tertiary alicyclic amines) is 2. The number of aliphatic hydroxyl groups excluding tert-OH is 1. The van der Waals surface area contributed by atoms with Crippen LogP contribution in [0.15, 0.2) is 54.6 Å². The molecule has 4 rings (SSSR count). The summed E-state index contributed by atoms with van der Waals surface area (Å²) in [4.78, 5) is 29.0. The fourth-order valence-electron chi connectivity index (χ4n) is 4.58. The monoisotopic (exact) mass is 364 g/mol. The zero-order chi connectivity index (χ0) is 19.0. The highest BCUT2D eigenvalue weighted by atomic mass is 16.3. The quantitative estimate of drug-likeness (QED) is 0.909. The van der Waals surface area contributed by atoms with E-state index >= 15 is 0 Å². The fourth-order valence-corrected chi connectivity index (χ4v) is 4.58. The number of carbonyl (C=O) groups excluding carboxylic acids is 2. The maximum absolute atomic E-state index is 13.3. The van der Waals surface area contributed by atoms with E-state index in [1.807, 2.05) is 54.3 Å². The van der Waals surface area contributed by atoms with E-state index in [1.165, 1.54) is 0 Å². The summed E-state index contributed by atoms with van der Waals surface area (Å²) in [6, 6.07) is 17.7. The van der Waals surface area contributed by atoms with Gasteiger partial charge in [-0.25, -0.2) is 0 Å². The number of hydrogen-bond acceptors (Lipinski definition) is 3. The maximum atomic E-state index is 13.3. The van der Waals surface area contributed by atoms with Gasteiger partial charge >= 0.3 is 0 Å². The Labute approximate surface area is 159 Å². The highest BCUT2D eigenvalue weighted by Crippen LogP contribution is 2.45. The van der Waals surface area contributed by atoms with Gasteiger partial charge in [-0.3, -0.25) is 9.59 Å². The second-order valence-electron chi connectivity index (χ2n) is 7.56. The van der Waals surface area contributed by atoms with Crippen LogP contribution in [0.5, 0.6) is 0 Å². The third kappa shape index (κ3) is 3.23. The SMILES string of the molecule is Cc1cccc(C(=O)N2C[C@@H]3CN(C(=O)CO)C[C@@H]3[C@H]2c2ccccc2)c1. The molecular weight excluding hydrogens is 340 g/mol. The highest BCUT2D eigenvalue weighted by Gasteiger charge is 2.49. The lowest BCUT2D eigenvalue weighted by atomic mass is 9.89. The number of fused-ring (bicyclic) bond motifs is 1. The minimum absolute atomic E-state index is 0.0435. The van der Waals surface area contributed by atoms with Crippen LogP contribution < -0.4 is 0 Å². The molecule has 2 aliphatic rings. The summed E-state index contributed by atoms with van der Waals surface area (Å²) in [5.41, 5.74) is 2.87. The van der Waals surface area contributed by atoms with Crippen molar-refractivity contribution in [3.8, 4) is 0 Å². The molecule has 2 aromatic carbocycles. The lowest BCUT2D eigenvalue weighted by Crippen LogP contribution is -2.38. The van der Waals surface area contributed by atoms with E-state index in [0.29, 0.717) is 25.2 Å². The fraction of sp³-hybridized carbons (Fsp3) is 0.364. The Bertz CT molecular complexity index is 852. The van der Waals surface area contributed by atoms with Gasteiger partial charge in [0.15, 0.2) is 0 Å².